The van der Waals surface area contributed by atoms with Gasteiger partial charge in [0.05, 0.1) is 5.03 Å². The number of aliphatic hydroxyl groups excluding tert-OH is 1. The zero-order chi connectivity index (χ0) is 33.8. The summed E-state index contributed by atoms with van der Waals surface area (Å²) in [6.07, 6.45) is 11.3. The second-order valence-electron chi connectivity index (χ2n) is 11.3. The normalized spacial score (nSPS) is 15.1. The first-order valence-electron chi connectivity index (χ1n) is 15.0. The van der Waals surface area contributed by atoms with Crippen LogP contribution < -0.4 is 22.5 Å². The number of aliphatic hydroxyl groups is 1. The number of amides is 1. The number of rotatable bonds is 4. The van der Waals surface area contributed by atoms with Gasteiger partial charge in [-0.2, -0.15) is 0 Å². The summed E-state index contributed by atoms with van der Waals surface area (Å²) in [5.41, 5.74) is 23.4. The average molecular weight is 667 g/mol. The summed E-state index contributed by atoms with van der Waals surface area (Å²) in [6.45, 7) is 12.1. The van der Waals surface area contributed by atoms with Crippen LogP contribution in [0.1, 0.15) is 93.5 Å². The van der Waals surface area contributed by atoms with Gasteiger partial charge in [0, 0.05) is 32.9 Å². The molecule has 45 heavy (non-hydrogen) atoms. The van der Waals surface area contributed by atoms with Gasteiger partial charge in [0.1, 0.15) is 11.2 Å². The number of hydrogen-bond donors (Lipinski definition) is 5. The van der Waals surface area contributed by atoms with Crippen LogP contribution in [-0.2, 0) is 17.6 Å². The van der Waals surface area contributed by atoms with Crippen LogP contribution in [0.2, 0.25) is 5.02 Å². The van der Waals surface area contributed by atoms with Crippen LogP contribution in [0.3, 0.4) is 0 Å². The van der Waals surface area contributed by atoms with Gasteiger partial charge in [-0.1, -0.05) is 81.3 Å². The predicted molar refractivity (Wildman–Crippen MR) is 197 cm³/mol. The molecular weight excluding hydrogens is 620 g/mol. The number of nitrogens with two attached hydrogens (primary N) is 3. The van der Waals surface area contributed by atoms with Crippen molar-refractivity contribution in [3.8, 4) is 22.8 Å². The quantitative estimate of drug-likeness (QED) is 0.141. The summed E-state index contributed by atoms with van der Waals surface area (Å²) in [4.78, 5) is 13.6. The highest BCUT2D eigenvalue weighted by Crippen LogP contribution is 2.47. The Bertz CT molecular complexity index is 1560. The molecular formula is C36H47ClN4O2S2. The molecule has 2 atom stereocenters. The largest absolute Gasteiger partial charge is 0.394 e. The summed E-state index contributed by atoms with van der Waals surface area (Å²) >= 11 is 9.13. The molecule has 0 aliphatic heterocycles. The van der Waals surface area contributed by atoms with Crippen LogP contribution in [0.5, 0.6) is 0 Å². The van der Waals surface area contributed by atoms with Crippen LogP contribution >= 0.6 is 34.7 Å². The topological polar surface area (TPSA) is 127 Å². The minimum absolute atomic E-state index is 0.182. The van der Waals surface area contributed by atoms with Crippen molar-refractivity contribution in [2.45, 2.75) is 73.0 Å². The van der Waals surface area contributed by atoms with E-state index in [2.05, 4.69) is 56.8 Å². The number of carbonyl (C=O) groups excluding carboxylic acids is 1. The Morgan fingerprint density at radius 1 is 1.18 bits per heavy atom. The molecule has 1 heterocycles. The second-order valence-corrected chi connectivity index (χ2v) is 13.8. The number of thiophene rings is 1. The highest BCUT2D eigenvalue weighted by Gasteiger charge is 2.27. The standard InChI is InChI=1S/C17H16N2O2S.C14H16ClNS.C4H10.CH5N/c1-3-10-4-5-11-6-7-12-14(16(18)21)17(19-9(2)20)22-15(12)13(11)8-10;1-3-14(16)17-13-7-4-9(2)11-6-5-10(15)8-12(11)13;1-4(2)3;1-2/h1,4-5,8,16,21H,6-7,18H2,2H3,(H,19,20);3,5-9H,4,16H2,1-2H3;4H,1-3H3;2H2,1H3/b;14-3+;;. The Morgan fingerprint density at radius 2 is 1.84 bits per heavy atom. The number of hydrogen-bond acceptors (Lipinski definition) is 7. The van der Waals surface area contributed by atoms with Crippen molar-refractivity contribution in [3.63, 3.8) is 0 Å². The Labute approximate surface area is 282 Å². The molecule has 2 aromatic carbocycles. The molecule has 5 rings (SSSR count). The monoisotopic (exact) mass is 666 g/mol. The fraction of sp³-hybridized carbons (Fsp3) is 0.361. The summed E-state index contributed by atoms with van der Waals surface area (Å²) in [5.74, 6) is 3.85. The molecule has 1 aromatic heterocycles. The first kappa shape index (κ1) is 38.2. The second kappa shape index (κ2) is 18.2. The number of fused-ring (bicyclic) bond motifs is 4. The van der Waals surface area contributed by atoms with Gasteiger partial charge >= 0.3 is 0 Å². The first-order valence-corrected chi connectivity index (χ1v) is 17.0. The van der Waals surface area contributed by atoms with E-state index in [1.54, 1.807) is 11.8 Å². The van der Waals surface area contributed by atoms with Crippen LogP contribution in [-0.4, -0.2) is 18.1 Å². The molecule has 2 aliphatic carbocycles. The molecule has 0 fully saturated rings. The van der Waals surface area contributed by atoms with Gasteiger partial charge in [-0.3, -0.25) is 4.79 Å². The molecule has 3 aromatic rings. The highest BCUT2D eigenvalue weighted by molar-refractivity contribution is 8.11. The van der Waals surface area contributed by atoms with Gasteiger partial charge in [0.25, 0.3) is 0 Å². The summed E-state index contributed by atoms with van der Waals surface area (Å²) < 4.78 is 0. The fourth-order valence-corrected chi connectivity index (χ4v) is 7.24. The maximum atomic E-state index is 11.4. The smallest absolute Gasteiger partial charge is 0.221 e. The van der Waals surface area contributed by atoms with Crippen molar-refractivity contribution in [2.75, 3.05) is 12.4 Å². The molecule has 9 heteroatoms. The van der Waals surface area contributed by atoms with Crippen LogP contribution in [0.4, 0.5) is 5.00 Å². The number of terminal acetylenes is 1. The predicted octanol–water partition coefficient (Wildman–Crippen LogP) is 8.38. The van der Waals surface area contributed by atoms with E-state index in [4.69, 9.17) is 29.5 Å². The van der Waals surface area contributed by atoms with E-state index in [1.165, 1.54) is 46.9 Å². The third kappa shape index (κ3) is 10.5. The van der Waals surface area contributed by atoms with E-state index in [0.717, 1.165) is 56.8 Å². The summed E-state index contributed by atoms with van der Waals surface area (Å²) in [6, 6.07) is 12.1. The first-order chi connectivity index (χ1) is 21.4. The molecule has 2 unspecified atom stereocenters. The van der Waals surface area contributed by atoms with Crippen molar-refractivity contribution in [2.24, 2.45) is 23.1 Å². The number of allylic oxidation sites excluding steroid dienone is 2. The molecule has 8 N–H and O–H groups in total. The van der Waals surface area contributed by atoms with Gasteiger partial charge in [-0.15, -0.1) is 17.8 Å². The van der Waals surface area contributed by atoms with Crippen molar-refractivity contribution in [1.29, 1.82) is 0 Å². The van der Waals surface area contributed by atoms with E-state index in [0.29, 0.717) is 16.5 Å². The molecule has 2 aliphatic rings. The van der Waals surface area contributed by atoms with E-state index in [1.807, 2.05) is 43.3 Å². The minimum atomic E-state index is -1.11. The van der Waals surface area contributed by atoms with Gasteiger partial charge in [0.15, 0.2) is 0 Å². The Balaban J connectivity index is 0.000000273. The van der Waals surface area contributed by atoms with Crippen molar-refractivity contribution in [1.82, 2.24) is 0 Å². The highest BCUT2D eigenvalue weighted by atomic mass is 35.5. The lowest BCUT2D eigenvalue weighted by Gasteiger charge is -2.22. The molecule has 6 nitrogen and oxygen atoms in total. The zero-order valence-corrected chi connectivity index (χ0v) is 29.7. The van der Waals surface area contributed by atoms with Gasteiger partial charge in [0.2, 0.25) is 5.91 Å². The van der Waals surface area contributed by atoms with Gasteiger partial charge in [-0.25, -0.2) is 0 Å². The van der Waals surface area contributed by atoms with Crippen molar-refractivity contribution >= 4 is 50.5 Å². The third-order valence-corrected chi connectivity index (χ3v) is 9.29. The number of nitrogens with one attached hydrogen (secondary N) is 1. The molecule has 0 saturated carbocycles. The Hall–Kier alpha value is -3.03. The fourth-order valence-electron chi connectivity index (χ4n) is 4.84. The number of benzene rings is 2. The molecule has 0 radical (unpaired) electrons. The van der Waals surface area contributed by atoms with E-state index < -0.39 is 6.23 Å². The van der Waals surface area contributed by atoms with E-state index in [-0.39, 0.29) is 5.91 Å². The number of anilines is 1. The molecule has 1 amide bonds. The van der Waals surface area contributed by atoms with Crippen molar-refractivity contribution in [3.05, 3.63) is 92.0 Å². The molecule has 242 valence electrons. The number of halogens is 1. The number of thioether (sulfide) groups is 1. The zero-order valence-electron chi connectivity index (χ0n) is 27.3. The van der Waals surface area contributed by atoms with Gasteiger partial charge in [-0.05, 0) is 97.2 Å². The van der Waals surface area contributed by atoms with Crippen LogP contribution in [0.15, 0.2) is 53.6 Å². The Morgan fingerprint density at radius 3 is 2.42 bits per heavy atom. The lowest BCUT2D eigenvalue weighted by atomic mass is 9.88. The lowest BCUT2D eigenvalue weighted by Crippen LogP contribution is -2.15. The maximum Gasteiger partial charge on any atom is 0.221 e. The number of aryl methyl sites for hydroxylation is 1. The van der Waals surface area contributed by atoms with Crippen LogP contribution in [0, 0.1) is 18.3 Å². The van der Waals surface area contributed by atoms with E-state index in [9.17, 15) is 9.90 Å². The molecule has 0 saturated heterocycles. The third-order valence-electron chi connectivity index (χ3n) is 6.78. The number of carbonyl (C=O) groups is 1. The minimum Gasteiger partial charge on any atom is -0.394 e. The van der Waals surface area contributed by atoms with Crippen molar-refractivity contribution < 1.29 is 9.90 Å². The molecule has 0 bridgehead atoms. The molecule has 0 spiro atoms. The Kier molecular flexibility index (Phi) is 15.4. The SMILES string of the molecule is C#Cc1ccc2c(c1)-c1sc(NC(C)=O)c(C(N)O)c1CC2.C/C=C(\N)SC1=CCC(C)c2ccc(Cl)cc21.CC(C)C.CN. The maximum absolute atomic E-state index is 11.4. The van der Waals surface area contributed by atoms with Crippen LogP contribution in [0.25, 0.3) is 15.3 Å². The lowest BCUT2D eigenvalue weighted by molar-refractivity contribution is -0.114. The van der Waals surface area contributed by atoms with Gasteiger partial charge < -0.3 is 27.6 Å². The summed E-state index contributed by atoms with van der Waals surface area (Å²) in [5, 5.41) is 14.9. The average Bonchev–Trinajstić information content (AvgIpc) is 3.37. The van der Waals surface area contributed by atoms with E-state index >= 15 is 0 Å². The summed E-state index contributed by atoms with van der Waals surface area (Å²) in [7, 11) is 1.50.